The van der Waals surface area contributed by atoms with Crippen molar-refractivity contribution in [3.8, 4) is 0 Å². The summed E-state index contributed by atoms with van der Waals surface area (Å²) >= 11 is 0. The van der Waals surface area contributed by atoms with Crippen molar-refractivity contribution in [1.29, 1.82) is 0 Å². The molecule has 1 saturated carbocycles. The number of methoxy groups -OCH3 is 1. The van der Waals surface area contributed by atoms with Crippen LogP contribution in [0.2, 0.25) is 0 Å². The lowest BCUT2D eigenvalue weighted by atomic mass is 10.2. The Morgan fingerprint density at radius 3 is 2.00 bits per heavy atom. The van der Waals surface area contributed by atoms with Crippen LogP contribution < -0.4 is 0 Å². The molecule has 0 radical (unpaired) electrons. The second kappa shape index (κ2) is 7.03. The van der Waals surface area contributed by atoms with Crippen LogP contribution in [0.4, 0.5) is 0 Å². The van der Waals surface area contributed by atoms with Crippen LogP contribution in [0.5, 0.6) is 0 Å². The molecule has 0 heterocycles. The molecule has 2 rings (SSSR count). The van der Waals surface area contributed by atoms with Gasteiger partial charge in [-0.2, -0.15) is 0 Å². The summed E-state index contributed by atoms with van der Waals surface area (Å²) in [5.41, 5.74) is 0.133. The molecule has 0 aromatic heterocycles. The van der Waals surface area contributed by atoms with Crippen molar-refractivity contribution in [3.63, 3.8) is 0 Å². The summed E-state index contributed by atoms with van der Waals surface area (Å²) in [5, 5.41) is 0. The van der Waals surface area contributed by atoms with Crippen LogP contribution in [0.3, 0.4) is 0 Å². The highest BCUT2D eigenvalue weighted by molar-refractivity contribution is 5.97. The van der Waals surface area contributed by atoms with Crippen LogP contribution in [-0.4, -0.2) is 30.6 Å². The first-order chi connectivity index (χ1) is 11.2. The fourth-order valence-electron chi connectivity index (χ4n) is 2.52. The number of ether oxygens (including phenoxy) is 3. The molecule has 0 aliphatic heterocycles. The minimum atomic E-state index is -0.851. The van der Waals surface area contributed by atoms with Gasteiger partial charge in [-0.1, -0.05) is 30.3 Å². The molecule has 1 aliphatic rings. The Kier molecular flexibility index (Phi) is 5.26. The number of benzene rings is 1. The van der Waals surface area contributed by atoms with E-state index in [1.165, 1.54) is 7.11 Å². The zero-order valence-corrected chi connectivity index (χ0v) is 14.3. The van der Waals surface area contributed by atoms with Gasteiger partial charge in [-0.3, -0.25) is 14.4 Å². The van der Waals surface area contributed by atoms with Crippen LogP contribution in [0.25, 0.3) is 0 Å². The highest BCUT2D eigenvalue weighted by atomic mass is 16.6. The highest BCUT2D eigenvalue weighted by Crippen LogP contribution is 2.49. The molecule has 0 N–H and O–H groups in total. The van der Waals surface area contributed by atoms with Crippen molar-refractivity contribution < 1.29 is 28.6 Å². The van der Waals surface area contributed by atoms with Crippen molar-refractivity contribution >= 4 is 17.9 Å². The molecule has 24 heavy (non-hydrogen) atoms. The van der Waals surface area contributed by atoms with E-state index in [1.54, 1.807) is 20.8 Å². The Hall–Kier alpha value is -2.37. The van der Waals surface area contributed by atoms with Gasteiger partial charge in [0.25, 0.3) is 0 Å². The number of carbonyl (C=O) groups is 3. The fraction of sp³-hybridized carbons (Fsp3) is 0.500. The van der Waals surface area contributed by atoms with Gasteiger partial charge in [0, 0.05) is 0 Å². The van der Waals surface area contributed by atoms with Gasteiger partial charge in [-0.05, 0) is 26.3 Å². The molecule has 1 aliphatic carbocycles. The molecule has 0 bridgehead atoms. The third-order valence-electron chi connectivity index (χ3n) is 3.67. The molecular weight excluding hydrogens is 312 g/mol. The van der Waals surface area contributed by atoms with Gasteiger partial charge >= 0.3 is 17.9 Å². The molecule has 0 spiro atoms. The summed E-state index contributed by atoms with van der Waals surface area (Å²) in [6.07, 6.45) is 0. The first kappa shape index (κ1) is 18.0. The monoisotopic (exact) mass is 334 g/mol. The molecular formula is C18H22O6. The number of esters is 3. The van der Waals surface area contributed by atoms with E-state index in [9.17, 15) is 14.4 Å². The molecule has 3 unspecified atom stereocenters. The summed E-state index contributed by atoms with van der Waals surface area (Å²) in [6.45, 7) is 5.26. The third-order valence-corrected chi connectivity index (χ3v) is 3.67. The van der Waals surface area contributed by atoms with E-state index in [2.05, 4.69) is 4.74 Å². The van der Waals surface area contributed by atoms with Crippen LogP contribution in [-0.2, 0) is 35.2 Å². The Labute approximate surface area is 141 Å². The molecule has 3 atom stereocenters. The van der Waals surface area contributed by atoms with Crippen molar-refractivity contribution in [3.05, 3.63) is 35.9 Å². The van der Waals surface area contributed by atoms with Gasteiger partial charge in [-0.25, -0.2) is 0 Å². The number of hydrogen-bond donors (Lipinski definition) is 0. The van der Waals surface area contributed by atoms with Crippen molar-refractivity contribution in [1.82, 2.24) is 0 Å². The second-order valence-electron chi connectivity index (χ2n) is 6.73. The normalized spacial score (nSPS) is 22.4. The minimum Gasteiger partial charge on any atom is -0.469 e. The fourth-order valence-corrected chi connectivity index (χ4v) is 2.52. The maximum atomic E-state index is 12.3. The maximum Gasteiger partial charge on any atom is 0.311 e. The van der Waals surface area contributed by atoms with Gasteiger partial charge in [0.1, 0.15) is 12.2 Å². The summed E-state index contributed by atoms with van der Waals surface area (Å²) < 4.78 is 15.2. The first-order valence-corrected chi connectivity index (χ1v) is 7.76. The van der Waals surface area contributed by atoms with E-state index in [0.717, 1.165) is 5.56 Å². The molecule has 130 valence electrons. The summed E-state index contributed by atoms with van der Waals surface area (Å²) in [4.78, 5) is 36.3. The Morgan fingerprint density at radius 1 is 0.917 bits per heavy atom. The van der Waals surface area contributed by atoms with E-state index >= 15 is 0 Å². The molecule has 1 fully saturated rings. The average Bonchev–Trinajstić information content (AvgIpc) is 3.27. The molecule has 6 nitrogen and oxygen atoms in total. The van der Waals surface area contributed by atoms with Gasteiger partial charge < -0.3 is 14.2 Å². The van der Waals surface area contributed by atoms with Gasteiger partial charge in [-0.15, -0.1) is 0 Å². The van der Waals surface area contributed by atoms with Gasteiger partial charge in [0.05, 0.1) is 24.9 Å². The zero-order valence-electron chi connectivity index (χ0n) is 14.3. The Balaban J connectivity index is 2.01. The highest BCUT2D eigenvalue weighted by Gasteiger charge is 2.65. The quantitative estimate of drug-likeness (QED) is 0.606. The maximum absolute atomic E-state index is 12.3. The van der Waals surface area contributed by atoms with E-state index in [0.29, 0.717) is 0 Å². The SMILES string of the molecule is COC(=O)C1C(C(=O)OCc2ccccc2)C1C(=O)OC(C)(C)C. The Morgan fingerprint density at radius 2 is 1.46 bits per heavy atom. The van der Waals surface area contributed by atoms with E-state index in [-0.39, 0.29) is 6.61 Å². The Bertz CT molecular complexity index is 616. The van der Waals surface area contributed by atoms with Crippen molar-refractivity contribution in [2.45, 2.75) is 33.0 Å². The molecule has 1 aromatic carbocycles. The topological polar surface area (TPSA) is 78.9 Å². The lowest BCUT2D eigenvalue weighted by Crippen LogP contribution is -2.26. The zero-order chi connectivity index (χ0) is 17.9. The predicted molar refractivity (Wildman–Crippen MR) is 84.6 cm³/mol. The van der Waals surface area contributed by atoms with Crippen molar-refractivity contribution in [2.24, 2.45) is 17.8 Å². The third kappa shape index (κ3) is 4.34. The summed E-state index contributed by atoms with van der Waals surface area (Å²) in [5.74, 6) is -4.32. The number of carbonyl (C=O) groups excluding carboxylic acids is 3. The largest absolute Gasteiger partial charge is 0.469 e. The molecule has 0 amide bonds. The predicted octanol–water partition coefficient (Wildman–Crippen LogP) is 2.11. The van der Waals surface area contributed by atoms with Crippen LogP contribution in [0, 0.1) is 17.8 Å². The minimum absolute atomic E-state index is 0.0884. The first-order valence-electron chi connectivity index (χ1n) is 7.76. The van der Waals surface area contributed by atoms with E-state index < -0.39 is 41.3 Å². The number of rotatable bonds is 5. The van der Waals surface area contributed by atoms with E-state index in [4.69, 9.17) is 9.47 Å². The van der Waals surface area contributed by atoms with Gasteiger partial charge in [0.15, 0.2) is 0 Å². The van der Waals surface area contributed by atoms with Gasteiger partial charge in [0.2, 0.25) is 0 Å². The lowest BCUT2D eigenvalue weighted by Gasteiger charge is -2.19. The molecule has 0 saturated heterocycles. The second-order valence-corrected chi connectivity index (χ2v) is 6.73. The van der Waals surface area contributed by atoms with Crippen LogP contribution >= 0.6 is 0 Å². The molecule has 6 heteroatoms. The lowest BCUT2D eigenvalue weighted by molar-refractivity contribution is -0.160. The van der Waals surface area contributed by atoms with Crippen LogP contribution in [0.1, 0.15) is 26.3 Å². The summed E-state index contributed by atoms with van der Waals surface area (Å²) in [6, 6.07) is 9.17. The molecule has 1 aromatic rings. The van der Waals surface area contributed by atoms with Crippen molar-refractivity contribution in [2.75, 3.05) is 7.11 Å². The van der Waals surface area contributed by atoms with E-state index in [1.807, 2.05) is 30.3 Å². The number of hydrogen-bond acceptors (Lipinski definition) is 6. The standard InChI is InChI=1S/C18H22O6/c1-18(2,3)24-17(21)14-12(15(19)22-4)13(14)16(20)23-10-11-8-6-5-7-9-11/h5-9,12-14H,10H2,1-4H3. The average molecular weight is 334 g/mol. The van der Waals surface area contributed by atoms with Crippen LogP contribution in [0.15, 0.2) is 30.3 Å². The smallest absolute Gasteiger partial charge is 0.311 e. The summed E-state index contributed by atoms with van der Waals surface area (Å²) in [7, 11) is 1.22.